The van der Waals surface area contributed by atoms with Crippen LogP contribution in [-0.2, 0) is 0 Å². The Balaban J connectivity index is 1.68. The summed E-state index contributed by atoms with van der Waals surface area (Å²) in [5, 5.41) is 2.46. The summed E-state index contributed by atoms with van der Waals surface area (Å²) in [4.78, 5) is 15.7. The number of hydrogen-bond donors (Lipinski definition) is 0. The molecule has 0 saturated heterocycles. The maximum atomic E-state index is 13.3. The zero-order valence-corrected chi connectivity index (χ0v) is 16.4. The Kier molecular flexibility index (Phi) is 3.47. The molecule has 4 aliphatic rings. The number of rotatable bonds is 2. The second kappa shape index (κ2) is 5.94. The molecule has 0 atom stereocenters. The zero-order chi connectivity index (χ0) is 18.8. The van der Waals surface area contributed by atoms with Gasteiger partial charge in [-0.05, 0) is 72.6 Å². The summed E-state index contributed by atoms with van der Waals surface area (Å²) >= 11 is 0. The van der Waals surface area contributed by atoms with Gasteiger partial charge in [-0.1, -0.05) is 42.0 Å². The van der Waals surface area contributed by atoms with Crippen molar-refractivity contribution in [2.75, 3.05) is 11.4 Å². The molecule has 0 N–H and O–H groups in total. The summed E-state index contributed by atoms with van der Waals surface area (Å²) < 4.78 is 0. The van der Waals surface area contributed by atoms with Crippen LogP contribution in [0.15, 0.2) is 48.2 Å². The molecule has 2 aromatic carbocycles. The van der Waals surface area contributed by atoms with Gasteiger partial charge in [0, 0.05) is 30.1 Å². The Morgan fingerprint density at radius 2 is 2.00 bits per heavy atom. The maximum Gasteiger partial charge on any atom is 0.168 e. The molecular formula is C26H25NO. The fourth-order valence-electron chi connectivity index (χ4n) is 5.41. The van der Waals surface area contributed by atoms with E-state index >= 15 is 0 Å². The van der Waals surface area contributed by atoms with Gasteiger partial charge in [0.1, 0.15) is 0 Å². The molecule has 2 heteroatoms. The van der Waals surface area contributed by atoms with Gasteiger partial charge < -0.3 is 4.90 Å². The summed E-state index contributed by atoms with van der Waals surface area (Å²) in [6.07, 6.45) is 15.4. The topological polar surface area (TPSA) is 20.3 Å². The quantitative estimate of drug-likeness (QED) is 0.609. The molecule has 1 heterocycles. The van der Waals surface area contributed by atoms with Crippen LogP contribution in [0.1, 0.15) is 71.5 Å². The van der Waals surface area contributed by atoms with Crippen LogP contribution < -0.4 is 4.90 Å². The molecule has 6 rings (SSSR count). The lowest BCUT2D eigenvalue weighted by Gasteiger charge is -2.28. The Labute approximate surface area is 166 Å². The third-order valence-electron chi connectivity index (χ3n) is 6.85. The van der Waals surface area contributed by atoms with E-state index in [1.807, 2.05) is 0 Å². The SMILES string of the molecule is Cc1cc(C2CC2)c(N2C=CCC2)c2ccc3c(c12)C(=O)CC1=C3C=CCC1. The van der Waals surface area contributed by atoms with Crippen LogP contribution in [0.3, 0.4) is 0 Å². The molecule has 0 bridgehead atoms. The maximum absolute atomic E-state index is 13.3. The fraction of sp³-hybridized carbons (Fsp3) is 0.346. The Hall–Kier alpha value is -2.61. The first-order chi connectivity index (χ1) is 13.7. The molecule has 0 spiro atoms. The van der Waals surface area contributed by atoms with Crippen LogP contribution in [0.5, 0.6) is 0 Å². The lowest BCUT2D eigenvalue weighted by atomic mass is 9.77. The van der Waals surface area contributed by atoms with Gasteiger partial charge in [-0.3, -0.25) is 4.79 Å². The van der Waals surface area contributed by atoms with Gasteiger partial charge in [-0.25, -0.2) is 0 Å². The second-order valence-electron chi connectivity index (χ2n) is 8.74. The van der Waals surface area contributed by atoms with Gasteiger partial charge >= 0.3 is 0 Å². The summed E-state index contributed by atoms with van der Waals surface area (Å²) in [5.41, 5.74) is 8.85. The third-order valence-corrected chi connectivity index (χ3v) is 6.85. The monoisotopic (exact) mass is 367 g/mol. The van der Waals surface area contributed by atoms with Crippen molar-refractivity contribution in [3.8, 4) is 0 Å². The molecule has 2 aromatic rings. The van der Waals surface area contributed by atoms with E-state index in [0.29, 0.717) is 18.1 Å². The number of benzene rings is 2. The van der Waals surface area contributed by atoms with Crippen molar-refractivity contribution in [3.63, 3.8) is 0 Å². The van der Waals surface area contributed by atoms with Crippen molar-refractivity contribution >= 4 is 27.8 Å². The summed E-state index contributed by atoms with van der Waals surface area (Å²) in [7, 11) is 0. The van der Waals surface area contributed by atoms with Gasteiger partial charge in [-0.15, -0.1) is 0 Å². The highest BCUT2D eigenvalue weighted by Gasteiger charge is 2.32. The summed E-state index contributed by atoms with van der Waals surface area (Å²) in [6, 6.07) is 6.90. The van der Waals surface area contributed by atoms with E-state index in [0.717, 1.165) is 36.9 Å². The number of allylic oxidation sites excluding steroid dienone is 4. The predicted octanol–water partition coefficient (Wildman–Crippen LogP) is 6.44. The van der Waals surface area contributed by atoms with Gasteiger partial charge in [0.05, 0.1) is 5.69 Å². The normalized spacial score (nSPS) is 20.9. The van der Waals surface area contributed by atoms with E-state index in [9.17, 15) is 4.79 Å². The number of anilines is 1. The molecule has 1 aliphatic heterocycles. The van der Waals surface area contributed by atoms with E-state index in [1.54, 1.807) is 0 Å². The van der Waals surface area contributed by atoms with E-state index in [1.165, 1.54) is 51.6 Å². The van der Waals surface area contributed by atoms with Crippen LogP contribution in [0.25, 0.3) is 16.3 Å². The molecule has 3 aliphatic carbocycles. The lowest BCUT2D eigenvalue weighted by Crippen LogP contribution is -2.17. The standard InChI is InChI=1S/C26H25NO/c1-16-14-22(17-8-9-17)26(27-12-4-5-13-27)21-11-10-20-19-7-3-2-6-18(19)15-23(28)25(20)24(16)21/h3-4,7,10-12,14,17H,2,5-6,8-9,13,15H2,1H3. The average Bonchev–Trinajstić information content (AvgIpc) is 3.42. The summed E-state index contributed by atoms with van der Waals surface area (Å²) in [6.45, 7) is 3.24. The van der Waals surface area contributed by atoms with Gasteiger partial charge in [-0.2, -0.15) is 0 Å². The number of Topliss-reactive ketones (excluding diaryl/α,β-unsaturated/α-hetero) is 1. The molecule has 0 aromatic heterocycles. The molecule has 1 saturated carbocycles. The van der Waals surface area contributed by atoms with Crippen molar-refractivity contribution in [2.45, 2.75) is 51.4 Å². The van der Waals surface area contributed by atoms with E-state index in [2.05, 4.69) is 54.5 Å². The Bertz CT molecular complexity index is 1130. The van der Waals surface area contributed by atoms with Crippen LogP contribution in [0.2, 0.25) is 0 Å². The highest BCUT2D eigenvalue weighted by atomic mass is 16.1. The van der Waals surface area contributed by atoms with Gasteiger partial charge in [0.15, 0.2) is 5.78 Å². The molecule has 1 fully saturated rings. The zero-order valence-electron chi connectivity index (χ0n) is 16.4. The van der Waals surface area contributed by atoms with Crippen molar-refractivity contribution in [2.24, 2.45) is 0 Å². The number of fused-ring (bicyclic) bond motifs is 4. The minimum Gasteiger partial charge on any atom is -0.347 e. The Morgan fingerprint density at radius 1 is 1.11 bits per heavy atom. The van der Waals surface area contributed by atoms with Crippen LogP contribution >= 0.6 is 0 Å². The van der Waals surface area contributed by atoms with E-state index in [4.69, 9.17) is 0 Å². The number of aryl methyl sites for hydroxylation is 1. The van der Waals surface area contributed by atoms with Crippen molar-refractivity contribution < 1.29 is 4.79 Å². The van der Waals surface area contributed by atoms with Crippen LogP contribution in [0.4, 0.5) is 5.69 Å². The van der Waals surface area contributed by atoms with Crippen LogP contribution in [0, 0.1) is 6.92 Å². The smallest absolute Gasteiger partial charge is 0.168 e. The first-order valence-corrected chi connectivity index (χ1v) is 10.7. The molecule has 0 unspecified atom stereocenters. The predicted molar refractivity (Wildman–Crippen MR) is 116 cm³/mol. The van der Waals surface area contributed by atoms with E-state index in [-0.39, 0.29) is 0 Å². The highest BCUT2D eigenvalue weighted by molar-refractivity contribution is 6.18. The van der Waals surface area contributed by atoms with Gasteiger partial charge in [0.2, 0.25) is 0 Å². The summed E-state index contributed by atoms with van der Waals surface area (Å²) in [5.74, 6) is 0.995. The highest BCUT2D eigenvalue weighted by Crippen LogP contribution is 2.50. The average molecular weight is 367 g/mol. The first kappa shape index (κ1) is 16.4. The number of carbonyl (C=O) groups is 1. The largest absolute Gasteiger partial charge is 0.347 e. The first-order valence-electron chi connectivity index (χ1n) is 10.7. The van der Waals surface area contributed by atoms with Crippen LogP contribution in [-0.4, -0.2) is 12.3 Å². The lowest BCUT2D eigenvalue weighted by molar-refractivity contribution is 0.0991. The fourth-order valence-corrected chi connectivity index (χ4v) is 5.41. The van der Waals surface area contributed by atoms with Gasteiger partial charge in [0.25, 0.3) is 0 Å². The molecule has 0 radical (unpaired) electrons. The molecule has 0 amide bonds. The number of ketones is 1. The molecule has 28 heavy (non-hydrogen) atoms. The Morgan fingerprint density at radius 3 is 2.79 bits per heavy atom. The van der Waals surface area contributed by atoms with Crippen molar-refractivity contribution in [1.29, 1.82) is 0 Å². The minimum absolute atomic E-state index is 0.305. The number of hydrogen-bond acceptors (Lipinski definition) is 2. The van der Waals surface area contributed by atoms with E-state index < -0.39 is 0 Å². The van der Waals surface area contributed by atoms with Crippen molar-refractivity contribution in [3.05, 3.63) is 70.5 Å². The van der Waals surface area contributed by atoms with Crippen molar-refractivity contribution in [1.82, 2.24) is 0 Å². The molecular weight excluding hydrogens is 342 g/mol. The molecule has 2 nitrogen and oxygen atoms in total. The third kappa shape index (κ3) is 2.30. The number of nitrogens with zero attached hydrogens (tertiary/aromatic N) is 1. The second-order valence-corrected chi connectivity index (χ2v) is 8.74. The number of carbonyl (C=O) groups excluding carboxylic acids is 1. The molecule has 140 valence electrons. The minimum atomic E-state index is 0.305.